The lowest BCUT2D eigenvalue weighted by Gasteiger charge is -2.20. The van der Waals surface area contributed by atoms with E-state index in [0.717, 1.165) is 9.75 Å². The minimum absolute atomic E-state index is 0.332. The molecular weight excluding hydrogens is 251 g/mol. The zero-order valence-electron chi connectivity index (χ0n) is 9.75. The lowest BCUT2D eigenvalue weighted by molar-refractivity contribution is -0.150. The Hall–Kier alpha value is -0.590. The number of alkyl halides is 3. The predicted molar refractivity (Wildman–Crippen MR) is 62.1 cm³/mol. The molecule has 0 saturated carbocycles. The number of rotatable bonds is 5. The molecule has 2 nitrogen and oxygen atoms in total. The van der Waals surface area contributed by atoms with Crippen LogP contribution in [0.1, 0.15) is 29.2 Å². The van der Waals surface area contributed by atoms with Gasteiger partial charge in [0.25, 0.3) is 0 Å². The zero-order valence-corrected chi connectivity index (χ0v) is 10.6. The number of hydrogen-bond donors (Lipinski definition) is 1. The molecule has 2 atom stereocenters. The summed E-state index contributed by atoms with van der Waals surface area (Å²) in [4.78, 5) is 1.96. The maximum absolute atomic E-state index is 12.0. The highest BCUT2D eigenvalue weighted by molar-refractivity contribution is 7.12. The van der Waals surface area contributed by atoms with Crippen molar-refractivity contribution >= 4 is 11.3 Å². The molecule has 1 aromatic heterocycles. The number of aryl methyl sites for hydroxylation is 1. The SMILES string of the molecule is Cc1ccc(C(OCCC(F)(F)F)C(C)N)s1. The lowest BCUT2D eigenvalue weighted by Crippen LogP contribution is -2.27. The Kier molecular flexibility index (Phi) is 4.97. The standard InChI is InChI=1S/C11H16F3NOS/c1-7-3-4-9(17-7)10(8(2)15)16-6-5-11(12,13)14/h3-4,8,10H,5-6,15H2,1-2H3. The van der Waals surface area contributed by atoms with Gasteiger partial charge in [-0.1, -0.05) is 0 Å². The summed E-state index contributed by atoms with van der Waals surface area (Å²) in [5, 5.41) is 0. The van der Waals surface area contributed by atoms with E-state index in [4.69, 9.17) is 10.5 Å². The van der Waals surface area contributed by atoms with E-state index in [1.807, 2.05) is 19.1 Å². The average molecular weight is 267 g/mol. The van der Waals surface area contributed by atoms with Crippen molar-refractivity contribution in [2.75, 3.05) is 6.61 Å². The molecule has 2 N–H and O–H groups in total. The van der Waals surface area contributed by atoms with Crippen LogP contribution in [0.2, 0.25) is 0 Å². The summed E-state index contributed by atoms with van der Waals surface area (Å²) < 4.78 is 41.3. The largest absolute Gasteiger partial charge is 0.391 e. The monoisotopic (exact) mass is 267 g/mol. The van der Waals surface area contributed by atoms with Crippen molar-refractivity contribution in [2.24, 2.45) is 5.73 Å². The average Bonchev–Trinajstić information content (AvgIpc) is 2.57. The number of thiophene rings is 1. The summed E-state index contributed by atoms with van der Waals surface area (Å²) >= 11 is 1.50. The van der Waals surface area contributed by atoms with Crippen molar-refractivity contribution < 1.29 is 17.9 Å². The Morgan fingerprint density at radius 3 is 2.47 bits per heavy atom. The van der Waals surface area contributed by atoms with Crippen LogP contribution in [-0.2, 0) is 4.74 Å². The molecule has 98 valence electrons. The highest BCUT2D eigenvalue weighted by Crippen LogP contribution is 2.29. The second-order valence-electron chi connectivity index (χ2n) is 3.96. The maximum Gasteiger partial charge on any atom is 0.391 e. The highest BCUT2D eigenvalue weighted by atomic mass is 32.1. The Morgan fingerprint density at radius 1 is 1.41 bits per heavy atom. The van der Waals surface area contributed by atoms with Gasteiger partial charge in [0, 0.05) is 15.8 Å². The molecule has 0 saturated heterocycles. The van der Waals surface area contributed by atoms with Crippen LogP contribution in [0.25, 0.3) is 0 Å². The van der Waals surface area contributed by atoms with Crippen molar-refractivity contribution in [2.45, 2.75) is 38.6 Å². The molecule has 2 unspecified atom stereocenters. The number of nitrogens with two attached hydrogens (primary N) is 1. The van der Waals surface area contributed by atoms with E-state index >= 15 is 0 Å². The number of halogens is 3. The molecule has 0 bridgehead atoms. The van der Waals surface area contributed by atoms with Gasteiger partial charge in [0.05, 0.1) is 13.0 Å². The Bertz CT molecular complexity index is 349. The van der Waals surface area contributed by atoms with E-state index in [-0.39, 0.29) is 12.6 Å². The van der Waals surface area contributed by atoms with Crippen molar-refractivity contribution in [1.82, 2.24) is 0 Å². The van der Waals surface area contributed by atoms with Gasteiger partial charge in [-0.25, -0.2) is 0 Å². The van der Waals surface area contributed by atoms with Gasteiger partial charge in [0.1, 0.15) is 6.10 Å². The normalized spacial score (nSPS) is 15.9. The summed E-state index contributed by atoms with van der Waals surface area (Å²) in [7, 11) is 0. The smallest absolute Gasteiger partial charge is 0.371 e. The predicted octanol–water partition coefficient (Wildman–Crippen LogP) is 3.41. The quantitative estimate of drug-likeness (QED) is 0.887. The lowest BCUT2D eigenvalue weighted by atomic mass is 10.1. The van der Waals surface area contributed by atoms with E-state index in [1.54, 1.807) is 6.92 Å². The topological polar surface area (TPSA) is 35.2 Å². The van der Waals surface area contributed by atoms with E-state index < -0.39 is 18.7 Å². The fourth-order valence-electron chi connectivity index (χ4n) is 1.40. The van der Waals surface area contributed by atoms with Gasteiger partial charge in [0.15, 0.2) is 0 Å². The second-order valence-corrected chi connectivity index (χ2v) is 5.28. The maximum atomic E-state index is 12.0. The molecule has 0 aliphatic rings. The van der Waals surface area contributed by atoms with Gasteiger partial charge in [-0.05, 0) is 26.0 Å². The minimum atomic E-state index is -4.19. The van der Waals surface area contributed by atoms with Crippen LogP contribution in [0.15, 0.2) is 12.1 Å². The van der Waals surface area contributed by atoms with Gasteiger partial charge in [-0.15, -0.1) is 11.3 Å². The first-order chi connectivity index (χ1) is 7.79. The van der Waals surface area contributed by atoms with Crippen LogP contribution in [0.4, 0.5) is 13.2 Å². The summed E-state index contributed by atoms with van der Waals surface area (Å²) in [6.45, 7) is 3.31. The Balaban J connectivity index is 2.56. The molecule has 0 aromatic carbocycles. The van der Waals surface area contributed by atoms with Crippen molar-refractivity contribution in [1.29, 1.82) is 0 Å². The van der Waals surface area contributed by atoms with Crippen LogP contribution in [0, 0.1) is 6.92 Å². The van der Waals surface area contributed by atoms with Crippen molar-refractivity contribution in [3.05, 3.63) is 21.9 Å². The van der Waals surface area contributed by atoms with Gasteiger partial charge < -0.3 is 10.5 Å². The summed E-state index contributed by atoms with van der Waals surface area (Å²) in [6.07, 6.45) is -5.59. The van der Waals surface area contributed by atoms with E-state index in [1.165, 1.54) is 11.3 Å². The molecule has 1 aromatic rings. The Labute approximate surface area is 103 Å². The van der Waals surface area contributed by atoms with Crippen molar-refractivity contribution in [3.8, 4) is 0 Å². The fraction of sp³-hybridized carbons (Fsp3) is 0.636. The molecule has 0 spiro atoms. The first-order valence-corrected chi connectivity index (χ1v) is 6.11. The molecule has 0 aliphatic carbocycles. The van der Waals surface area contributed by atoms with E-state index in [0.29, 0.717) is 0 Å². The van der Waals surface area contributed by atoms with Crippen LogP contribution in [0.3, 0.4) is 0 Å². The third-order valence-electron chi connectivity index (χ3n) is 2.20. The molecule has 1 heterocycles. The Morgan fingerprint density at radius 2 is 2.06 bits per heavy atom. The highest BCUT2D eigenvalue weighted by Gasteiger charge is 2.28. The van der Waals surface area contributed by atoms with Gasteiger partial charge in [0.2, 0.25) is 0 Å². The molecule has 0 aliphatic heterocycles. The first-order valence-electron chi connectivity index (χ1n) is 5.30. The van der Waals surface area contributed by atoms with E-state index in [9.17, 15) is 13.2 Å². The van der Waals surface area contributed by atoms with Crippen LogP contribution in [-0.4, -0.2) is 18.8 Å². The van der Waals surface area contributed by atoms with E-state index in [2.05, 4.69) is 0 Å². The molecule has 0 radical (unpaired) electrons. The fourth-order valence-corrected chi connectivity index (χ4v) is 2.44. The third kappa shape index (κ3) is 5.06. The van der Waals surface area contributed by atoms with Gasteiger partial charge >= 0.3 is 6.18 Å². The second kappa shape index (κ2) is 5.84. The number of hydrogen-bond acceptors (Lipinski definition) is 3. The third-order valence-corrected chi connectivity index (χ3v) is 3.26. The zero-order chi connectivity index (χ0) is 13.1. The van der Waals surface area contributed by atoms with Crippen LogP contribution >= 0.6 is 11.3 Å². The molecule has 0 fully saturated rings. The molecule has 0 amide bonds. The molecular formula is C11H16F3NOS. The summed E-state index contributed by atoms with van der Waals surface area (Å²) in [5.41, 5.74) is 5.73. The van der Waals surface area contributed by atoms with Crippen LogP contribution < -0.4 is 5.73 Å². The molecule has 1 rings (SSSR count). The molecule has 6 heteroatoms. The van der Waals surface area contributed by atoms with Crippen molar-refractivity contribution in [3.63, 3.8) is 0 Å². The van der Waals surface area contributed by atoms with Gasteiger partial charge in [-0.2, -0.15) is 13.2 Å². The van der Waals surface area contributed by atoms with Crippen LogP contribution in [0.5, 0.6) is 0 Å². The van der Waals surface area contributed by atoms with Gasteiger partial charge in [-0.3, -0.25) is 0 Å². The molecule has 17 heavy (non-hydrogen) atoms. The minimum Gasteiger partial charge on any atom is -0.371 e. The summed E-state index contributed by atoms with van der Waals surface area (Å²) in [5.74, 6) is 0. The summed E-state index contributed by atoms with van der Waals surface area (Å²) in [6, 6.07) is 3.42. The first kappa shape index (κ1) is 14.5. The number of ether oxygens (including phenoxy) is 1.